The van der Waals surface area contributed by atoms with Gasteiger partial charge in [0.15, 0.2) is 0 Å². The molecule has 0 aliphatic heterocycles. The highest BCUT2D eigenvalue weighted by molar-refractivity contribution is 5.49. The van der Waals surface area contributed by atoms with Crippen LogP contribution in [0.1, 0.15) is 27.7 Å². The van der Waals surface area contributed by atoms with Crippen molar-refractivity contribution in [3.8, 4) is 0 Å². The zero-order chi connectivity index (χ0) is 12.9. The summed E-state index contributed by atoms with van der Waals surface area (Å²) < 4.78 is 0. The van der Waals surface area contributed by atoms with Crippen LogP contribution in [-0.4, -0.2) is 0 Å². The van der Waals surface area contributed by atoms with Gasteiger partial charge >= 0.3 is 0 Å². The highest BCUT2D eigenvalue weighted by Gasteiger charge is 1.98. The van der Waals surface area contributed by atoms with Gasteiger partial charge in [0.2, 0.25) is 0 Å². The molecule has 0 heteroatoms. The lowest BCUT2D eigenvalue weighted by molar-refractivity contribution is 1.33. The van der Waals surface area contributed by atoms with Gasteiger partial charge in [-0.1, -0.05) is 49.6 Å². The molecule has 0 fully saturated rings. The Labute approximate surface area is 100 Å². The van der Waals surface area contributed by atoms with Crippen molar-refractivity contribution in [3.05, 3.63) is 71.9 Å². The summed E-state index contributed by atoms with van der Waals surface area (Å²) in [5.74, 6) is 0. The molecule has 0 aliphatic carbocycles. The van der Waals surface area contributed by atoms with Crippen LogP contribution in [0.3, 0.4) is 0 Å². The van der Waals surface area contributed by atoms with E-state index in [9.17, 15) is 0 Å². The normalized spacial score (nSPS) is 12.2. The molecule has 0 aliphatic rings. The topological polar surface area (TPSA) is 0 Å². The maximum Gasteiger partial charge on any atom is -0.0259 e. The van der Waals surface area contributed by atoms with Crippen LogP contribution in [-0.2, 0) is 0 Å². The Hall–Kier alpha value is -1.56. The molecule has 0 nitrogen and oxygen atoms in total. The van der Waals surface area contributed by atoms with E-state index in [1.165, 1.54) is 0 Å². The van der Waals surface area contributed by atoms with Gasteiger partial charge in [-0.25, -0.2) is 0 Å². The van der Waals surface area contributed by atoms with Crippen molar-refractivity contribution < 1.29 is 0 Å². The van der Waals surface area contributed by atoms with Crippen molar-refractivity contribution >= 4 is 0 Å². The fourth-order valence-electron chi connectivity index (χ4n) is 0.954. The van der Waals surface area contributed by atoms with E-state index in [4.69, 9.17) is 0 Å². The second kappa shape index (κ2) is 6.12. The van der Waals surface area contributed by atoms with Gasteiger partial charge in [-0.3, -0.25) is 0 Å². The maximum absolute atomic E-state index is 4.00. The molecular formula is C16H22. The Bertz CT molecular complexity index is 358. The first kappa shape index (κ1) is 14.4. The van der Waals surface area contributed by atoms with Gasteiger partial charge in [0.05, 0.1) is 0 Å². The molecular weight excluding hydrogens is 192 g/mol. The van der Waals surface area contributed by atoms with Gasteiger partial charge in [0.1, 0.15) is 0 Å². The number of hydrogen-bond acceptors (Lipinski definition) is 0. The average molecular weight is 214 g/mol. The third-order valence-corrected chi connectivity index (χ3v) is 2.54. The molecule has 0 bridgehead atoms. The summed E-state index contributed by atoms with van der Waals surface area (Å²) in [7, 11) is 0. The van der Waals surface area contributed by atoms with Crippen molar-refractivity contribution in [2.24, 2.45) is 0 Å². The van der Waals surface area contributed by atoms with Gasteiger partial charge in [0.25, 0.3) is 0 Å². The molecule has 0 atom stereocenters. The molecule has 0 heterocycles. The minimum Gasteiger partial charge on any atom is -0.0958 e. The second-order valence-corrected chi connectivity index (χ2v) is 4.27. The fraction of sp³-hybridized carbons (Fsp3) is 0.250. The standard InChI is InChI=1S/C16H22/c1-11(2)13(5)9-15(7)16(8)10-14(6)12(3)4/h9-10H,1,3,7-8H2,2,4-6H3/b13-9-,14-10-. The lowest BCUT2D eigenvalue weighted by Gasteiger charge is -2.05. The van der Waals surface area contributed by atoms with Gasteiger partial charge < -0.3 is 0 Å². The van der Waals surface area contributed by atoms with E-state index in [0.29, 0.717) is 0 Å². The Kier molecular flexibility index (Phi) is 5.52. The van der Waals surface area contributed by atoms with Crippen LogP contribution in [0.15, 0.2) is 71.9 Å². The molecule has 0 saturated carbocycles. The zero-order valence-electron chi connectivity index (χ0n) is 11.0. The molecule has 86 valence electrons. The summed E-state index contributed by atoms with van der Waals surface area (Å²) in [5, 5.41) is 0. The Morgan fingerprint density at radius 2 is 0.875 bits per heavy atom. The molecule has 0 aromatic rings. The minimum absolute atomic E-state index is 0.918. The predicted molar refractivity (Wildman–Crippen MR) is 75.4 cm³/mol. The van der Waals surface area contributed by atoms with Crippen LogP contribution in [0.4, 0.5) is 0 Å². The van der Waals surface area contributed by atoms with Gasteiger partial charge in [-0.15, -0.1) is 0 Å². The van der Waals surface area contributed by atoms with Crippen LogP contribution in [0.25, 0.3) is 0 Å². The van der Waals surface area contributed by atoms with Crippen molar-refractivity contribution in [1.82, 2.24) is 0 Å². The molecule has 0 amide bonds. The van der Waals surface area contributed by atoms with E-state index in [1.807, 2.05) is 39.8 Å². The molecule has 0 radical (unpaired) electrons. The summed E-state index contributed by atoms with van der Waals surface area (Å²) >= 11 is 0. The van der Waals surface area contributed by atoms with E-state index in [2.05, 4.69) is 26.3 Å². The van der Waals surface area contributed by atoms with E-state index in [1.54, 1.807) is 0 Å². The summed E-state index contributed by atoms with van der Waals surface area (Å²) in [4.78, 5) is 0. The summed E-state index contributed by atoms with van der Waals surface area (Å²) in [6.07, 6.45) is 4.01. The Balaban J connectivity index is 4.85. The highest BCUT2D eigenvalue weighted by Crippen LogP contribution is 2.17. The quantitative estimate of drug-likeness (QED) is 0.556. The number of allylic oxidation sites excluding steroid dienone is 8. The molecule has 0 unspecified atom stereocenters. The zero-order valence-corrected chi connectivity index (χ0v) is 11.0. The summed E-state index contributed by atoms with van der Waals surface area (Å²) in [6.45, 7) is 23.8. The van der Waals surface area contributed by atoms with Crippen molar-refractivity contribution in [1.29, 1.82) is 0 Å². The second-order valence-electron chi connectivity index (χ2n) is 4.27. The van der Waals surface area contributed by atoms with Crippen molar-refractivity contribution in [3.63, 3.8) is 0 Å². The van der Waals surface area contributed by atoms with Crippen LogP contribution in [0.5, 0.6) is 0 Å². The van der Waals surface area contributed by atoms with E-state index in [-0.39, 0.29) is 0 Å². The molecule has 0 aromatic carbocycles. The fourth-order valence-corrected chi connectivity index (χ4v) is 0.954. The first-order valence-corrected chi connectivity index (χ1v) is 5.32. The minimum atomic E-state index is 0.918. The van der Waals surface area contributed by atoms with E-state index < -0.39 is 0 Å². The van der Waals surface area contributed by atoms with Crippen LogP contribution in [0, 0.1) is 0 Å². The molecule has 0 rings (SSSR count). The van der Waals surface area contributed by atoms with Crippen molar-refractivity contribution in [2.45, 2.75) is 27.7 Å². The smallest absolute Gasteiger partial charge is 0.0259 e. The average Bonchev–Trinajstić information content (AvgIpc) is 2.16. The monoisotopic (exact) mass is 214 g/mol. The molecule has 0 saturated heterocycles. The lowest BCUT2D eigenvalue weighted by atomic mass is 10.0. The van der Waals surface area contributed by atoms with Gasteiger partial charge in [-0.05, 0) is 50.0 Å². The number of hydrogen-bond donors (Lipinski definition) is 0. The Morgan fingerprint density at radius 3 is 1.06 bits per heavy atom. The highest BCUT2D eigenvalue weighted by atomic mass is 14.0. The molecule has 0 spiro atoms. The largest absolute Gasteiger partial charge is 0.0958 e. The lowest BCUT2D eigenvalue weighted by Crippen LogP contribution is -1.85. The summed E-state index contributed by atoms with van der Waals surface area (Å²) in [6, 6.07) is 0. The molecule has 0 aromatic heterocycles. The maximum atomic E-state index is 4.00. The Morgan fingerprint density at radius 1 is 0.625 bits per heavy atom. The molecule has 0 N–H and O–H groups in total. The van der Waals surface area contributed by atoms with Crippen LogP contribution >= 0.6 is 0 Å². The SMILES string of the molecule is C=C(/C=C(/C)C(=C)C)C(=C)/C=C(/C)C(=C)C. The van der Waals surface area contributed by atoms with Gasteiger partial charge in [0, 0.05) is 0 Å². The van der Waals surface area contributed by atoms with E-state index in [0.717, 1.165) is 33.4 Å². The first-order chi connectivity index (χ1) is 7.25. The van der Waals surface area contributed by atoms with Crippen molar-refractivity contribution in [2.75, 3.05) is 0 Å². The first-order valence-electron chi connectivity index (χ1n) is 5.32. The third kappa shape index (κ3) is 4.79. The van der Waals surface area contributed by atoms with Crippen LogP contribution < -0.4 is 0 Å². The molecule has 16 heavy (non-hydrogen) atoms. The number of rotatable bonds is 5. The predicted octanol–water partition coefficient (Wildman–Crippen LogP) is 5.14. The van der Waals surface area contributed by atoms with Crippen LogP contribution in [0.2, 0.25) is 0 Å². The van der Waals surface area contributed by atoms with Gasteiger partial charge in [-0.2, -0.15) is 0 Å². The van der Waals surface area contributed by atoms with E-state index >= 15 is 0 Å². The summed E-state index contributed by atoms with van der Waals surface area (Å²) in [5.41, 5.74) is 6.20. The third-order valence-electron chi connectivity index (χ3n) is 2.54.